The maximum absolute atomic E-state index is 12.0. The predicted octanol–water partition coefficient (Wildman–Crippen LogP) is 1.28. The van der Waals surface area contributed by atoms with E-state index in [0.29, 0.717) is 13.0 Å². The monoisotopic (exact) mass is 263 g/mol. The van der Waals surface area contributed by atoms with Crippen LogP contribution in [0.5, 0.6) is 0 Å². The number of hydrogen-bond donors (Lipinski definition) is 2. The Morgan fingerprint density at radius 2 is 2.16 bits per heavy atom. The summed E-state index contributed by atoms with van der Waals surface area (Å²) in [5, 5.41) is 12.3. The molecule has 0 bridgehead atoms. The zero-order chi connectivity index (χ0) is 13.5. The maximum Gasteiger partial charge on any atom is 0.249 e. The summed E-state index contributed by atoms with van der Waals surface area (Å²) in [4.78, 5) is 12.0. The van der Waals surface area contributed by atoms with Gasteiger partial charge in [0.2, 0.25) is 5.91 Å². The zero-order valence-corrected chi connectivity index (χ0v) is 11.0. The largest absolute Gasteiger partial charge is 0.394 e. The van der Waals surface area contributed by atoms with Crippen LogP contribution in [-0.2, 0) is 16.0 Å². The highest BCUT2D eigenvalue weighted by molar-refractivity contribution is 5.81. The number of aliphatic hydroxyl groups is 1. The molecule has 4 heteroatoms. The minimum Gasteiger partial charge on any atom is -0.394 e. The van der Waals surface area contributed by atoms with Crippen LogP contribution in [-0.4, -0.2) is 36.4 Å². The molecule has 2 atom stereocenters. The summed E-state index contributed by atoms with van der Waals surface area (Å²) >= 11 is 0. The Morgan fingerprint density at radius 1 is 1.37 bits per heavy atom. The van der Waals surface area contributed by atoms with Crippen molar-refractivity contribution < 1.29 is 14.6 Å². The van der Waals surface area contributed by atoms with Gasteiger partial charge in [-0.2, -0.15) is 0 Å². The molecule has 19 heavy (non-hydrogen) atoms. The number of nitrogens with one attached hydrogen (secondary N) is 1. The zero-order valence-electron chi connectivity index (χ0n) is 11.0. The Kier molecular flexibility index (Phi) is 5.36. The van der Waals surface area contributed by atoms with Crippen LogP contribution in [0.4, 0.5) is 0 Å². The Bertz CT molecular complexity index is 388. The van der Waals surface area contributed by atoms with E-state index in [2.05, 4.69) is 5.32 Å². The van der Waals surface area contributed by atoms with Gasteiger partial charge in [0, 0.05) is 6.61 Å². The lowest BCUT2D eigenvalue weighted by Crippen LogP contribution is -2.46. The second-order valence-corrected chi connectivity index (χ2v) is 4.93. The molecule has 4 nitrogen and oxygen atoms in total. The van der Waals surface area contributed by atoms with Gasteiger partial charge in [0.25, 0.3) is 0 Å². The first-order valence-electron chi connectivity index (χ1n) is 6.86. The lowest BCUT2D eigenvalue weighted by Gasteiger charge is -2.24. The van der Waals surface area contributed by atoms with E-state index < -0.39 is 0 Å². The van der Waals surface area contributed by atoms with Crippen LogP contribution < -0.4 is 5.32 Å². The fourth-order valence-corrected chi connectivity index (χ4v) is 2.30. The number of rotatable bonds is 5. The smallest absolute Gasteiger partial charge is 0.249 e. The van der Waals surface area contributed by atoms with E-state index in [0.717, 1.165) is 24.8 Å². The van der Waals surface area contributed by atoms with Crippen LogP contribution in [0.25, 0.3) is 0 Å². The molecule has 0 radical (unpaired) electrons. The van der Waals surface area contributed by atoms with Crippen molar-refractivity contribution in [2.24, 2.45) is 0 Å². The number of hydrogen-bond acceptors (Lipinski definition) is 3. The van der Waals surface area contributed by atoms with Crippen molar-refractivity contribution in [1.82, 2.24) is 5.32 Å². The summed E-state index contributed by atoms with van der Waals surface area (Å²) in [5.74, 6) is -0.102. The Hall–Kier alpha value is -1.39. The van der Waals surface area contributed by atoms with E-state index >= 15 is 0 Å². The molecule has 1 saturated heterocycles. The third-order valence-corrected chi connectivity index (χ3v) is 3.36. The second-order valence-electron chi connectivity index (χ2n) is 4.93. The van der Waals surface area contributed by atoms with Gasteiger partial charge in [0.05, 0.1) is 12.6 Å². The minimum atomic E-state index is -0.349. The van der Waals surface area contributed by atoms with Gasteiger partial charge in [-0.25, -0.2) is 0 Å². The number of carbonyl (C=O) groups excluding carboxylic acids is 1. The van der Waals surface area contributed by atoms with Crippen molar-refractivity contribution in [2.45, 2.75) is 37.8 Å². The molecule has 0 aromatic heterocycles. The number of amides is 1. The molecule has 1 fully saturated rings. The molecular weight excluding hydrogens is 242 g/mol. The number of benzene rings is 1. The van der Waals surface area contributed by atoms with Gasteiger partial charge < -0.3 is 15.2 Å². The minimum absolute atomic E-state index is 0.0621. The highest BCUT2D eigenvalue weighted by Gasteiger charge is 2.23. The third-order valence-electron chi connectivity index (χ3n) is 3.36. The third kappa shape index (κ3) is 4.33. The van der Waals surface area contributed by atoms with Crippen molar-refractivity contribution in [1.29, 1.82) is 0 Å². The fourth-order valence-electron chi connectivity index (χ4n) is 2.30. The first-order chi connectivity index (χ1) is 9.29. The number of ether oxygens (including phenoxy) is 1. The molecule has 0 aliphatic carbocycles. The molecule has 2 rings (SSSR count). The van der Waals surface area contributed by atoms with Gasteiger partial charge in [-0.3, -0.25) is 4.79 Å². The summed E-state index contributed by atoms with van der Waals surface area (Å²) in [5.41, 5.74) is 1.10. The van der Waals surface area contributed by atoms with E-state index in [1.54, 1.807) is 0 Å². The summed E-state index contributed by atoms with van der Waals surface area (Å²) in [6.07, 6.45) is 3.11. The lowest BCUT2D eigenvalue weighted by atomic mass is 10.0. The normalized spacial score (nSPS) is 20.8. The Balaban J connectivity index is 1.86. The van der Waals surface area contributed by atoms with Crippen molar-refractivity contribution in [3.8, 4) is 0 Å². The maximum atomic E-state index is 12.0. The molecular formula is C15H21NO3. The molecule has 0 spiro atoms. The van der Waals surface area contributed by atoms with E-state index in [4.69, 9.17) is 4.74 Å². The van der Waals surface area contributed by atoms with Crippen molar-refractivity contribution in [2.75, 3.05) is 13.2 Å². The number of aliphatic hydroxyl groups excluding tert-OH is 1. The first kappa shape index (κ1) is 14.0. The van der Waals surface area contributed by atoms with Crippen LogP contribution in [0.15, 0.2) is 30.3 Å². The summed E-state index contributed by atoms with van der Waals surface area (Å²) in [6, 6.07) is 9.59. The van der Waals surface area contributed by atoms with Crippen molar-refractivity contribution >= 4 is 5.91 Å². The topological polar surface area (TPSA) is 58.6 Å². The molecule has 0 saturated carbocycles. The number of carbonyl (C=O) groups is 1. The summed E-state index contributed by atoms with van der Waals surface area (Å²) in [7, 11) is 0. The SMILES string of the molecule is O=C(NC(CO)Cc1ccccc1)C1CCCCO1. The average Bonchev–Trinajstić information content (AvgIpc) is 2.48. The summed E-state index contributed by atoms with van der Waals surface area (Å²) in [6.45, 7) is 0.591. The molecule has 104 valence electrons. The van der Waals surface area contributed by atoms with Crippen LogP contribution in [0.3, 0.4) is 0 Å². The van der Waals surface area contributed by atoms with Crippen molar-refractivity contribution in [3.05, 3.63) is 35.9 Å². The Labute approximate surface area is 113 Å². The standard InChI is InChI=1S/C15H21NO3/c17-11-13(10-12-6-2-1-3-7-12)16-15(18)14-8-4-5-9-19-14/h1-3,6-7,13-14,17H,4-5,8-11H2,(H,16,18). The molecule has 1 amide bonds. The second kappa shape index (κ2) is 7.26. The predicted molar refractivity (Wildman–Crippen MR) is 72.8 cm³/mol. The van der Waals surface area contributed by atoms with Crippen LogP contribution in [0, 0.1) is 0 Å². The Morgan fingerprint density at radius 3 is 2.79 bits per heavy atom. The van der Waals surface area contributed by atoms with E-state index in [-0.39, 0.29) is 24.7 Å². The molecule has 2 N–H and O–H groups in total. The first-order valence-corrected chi connectivity index (χ1v) is 6.86. The molecule has 1 aliphatic heterocycles. The van der Waals surface area contributed by atoms with Crippen molar-refractivity contribution in [3.63, 3.8) is 0 Å². The quantitative estimate of drug-likeness (QED) is 0.841. The van der Waals surface area contributed by atoms with Gasteiger partial charge in [-0.15, -0.1) is 0 Å². The van der Waals surface area contributed by atoms with Gasteiger partial charge in [-0.1, -0.05) is 30.3 Å². The molecule has 1 aromatic carbocycles. The lowest BCUT2D eigenvalue weighted by molar-refractivity contribution is -0.136. The van der Waals surface area contributed by atoms with Gasteiger partial charge in [-0.05, 0) is 31.2 Å². The summed E-state index contributed by atoms with van der Waals surface area (Å²) < 4.78 is 5.44. The fraction of sp³-hybridized carbons (Fsp3) is 0.533. The van der Waals surface area contributed by atoms with Crippen LogP contribution in [0.1, 0.15) is 24.8 Å². The molecule has 2 unspecified atom stereocenters. The van der Waals surface area contributed by atoms with Gasteiger partial charge >= 0.3 is 0 Å². The molecule has 1 heterocycles. The van der Waals surface area contributed by atoms with Gasteiger partial charge in [0.1, 0.15) is 6.10 Å². The van der Waals surface area contributed by atoms with E-state index in [1.165, 1.54) is 0 Å². The highest BCUT2D eigenvalue weighted by Crippen LogP contribution is 2.13. The van der Waals surface area contributed by atoms with Crippen LogP contribution >= 0.6 is 0 Å². The molecule has 1 aliphatic rings. The van der Waals surface area contributed by atoms with Gasteiger partial charge in [0.15, 0.2) is 0 Å². The van der Waals surface area contributed by atoms with E-state index in [9.17, 15) is 9.90 Å². The highest BCUT2D eigenvalue weighted by atomic mass is 16.5. The molecule has 1 aromatic rings. The van der Waals surface area contributed by atoms with Crippen LogP contribution in [0.2, 0.25) is 0 Å². The average molecular weight is 263 g/mol. The van der Waals surface area contributed by atoms with E-state index in [1.807, 2.05) is 30.3 Å².